The number of ether oxygens (including phenoxy) is 1. The van der Waals surface area contributed by atoms with E-state index < -0.39 is 12.1 Å². The monoisotopic (exact) mass is 277 g/mol. The zero-order valence-corrected chi connectivity index (χ0v) is 11.7. The van der Waals surface area contributed by atoms with Gasteiger partial charge < -0.3 is 9.64 Å². The summed E-state index contributed by atoms with van der Waals surface area (Å²) in [7, 11) is 2.13. The maximum absolute atomic E-state index is 14.1. The first-order valence-corrected chi connectivity index (χ1v) is 7.26. The lowest BCUT2D eigenvalue weighted by atomic mass is 10.0. The fraction of sp³-hybridized carbons (Fsp3) is 0.562. The topological polar surface area (TPSA) is 29.5 Å². The quantitative estimate of drug-likeness (QED) is 0.796. The summed E-state index contributed by atoms with van der Waals surface area (Å²) in [6, 6.07) is 9.46. The van der Waals surface area contributed by atoms with E-state index in [9.17, 15) is 9.18 Å². The van der Waals surface area contributed by atoms with Crippen molar-refractivity contribution in [2.45, 2.75) is 50.0 Å². The van der Waals surface area contributed by atoms with E-state index in [1.165, 1.54) is 0 Å². The van der Waals surface area contributed by atoms with Crippen LogP contribution in [-0.2, 0) is 9.53 Å². The van der Waals surface area contributed by atoms with Gasteiger partial charge in [0.25, 0.3) is 0 Å². The molecule has 0 amide bonds. The molecule has 0 N–H and O–H groups in total. The molecule has 2 saturated heterocycles. The lowest BCUT2D eigenvalue weighted by Crippen LogP contribution is -2.43. The molecule has 1 aromatic rings. The Labute approximate surface area is 118 Å². The smallest absolute Gasteiger partial charge is 0.345 e. The van der Waals surface area contributed by atoms with Crippen molar-refractivity contribution < 1.29 is 13.9 Å². The molecule has 0 saturated carbocycles. The molecule has 1 aromatic carbocycles. The third kappa shape index (κ3) is 2.57. The Morgan fingerprint density at radius 1 is 1.25 bits per heavy atom. The summed E-state index contributed by atoms with van der Waals surface area (Å²) < 4.78 is 19.5. The van der Waals surface area contributed by atoms with Crippen LogP contribution in [0.3, 0.4) is 0 Å². The van der Waals surface area contributed by atoms with E-state index in [0.717, 1.165) is 25.7 Å². The lowest BCUT2D eigenvalue weighted by Gasteiger charge is -2.35. The SMILES string of the molecule is CN1[C@@H]2CC[C@H]1C[C@H](OC(=O)C(F)c1ccccc1)C2. The van der Waals surface area contributed by atoms with Crippen molar-refractivity contribution in [3.8, 4) is 0 Å². The average Bonchev–Trinajstić information content (AvgIpc) is 2.69. The van der Waals surface area contributed by atoms with Crippen LogP contribution in [0.2, 0.25) is 0 Å². The fourth-order valence-electron chi connectivity index (χ4n) is 3.44. The van der Waals surface area contributed by atoms with E-state index in [1.807, 2.05) is 0 Å². The maximum Gasteiger partial charge on any atom is 0.345 e. The third-order valence-corrected chi connectivity index (χ3v) is 4.64. The van der Waals surface area contributed by atoms with Crippen molar-refractivity contribution >= 4 is 5.97 Å². The number of nitrogens with zero attached hydrogens (tertiary/aromatic N) is 1. The lowest BCUT2D eigenvalue weighted by molar-refractivity contribution is -0.158. The predicted octanol–water partition coefficient (Wildman–Crippen LogP) is 2.87. The summed E-state index contributed by atoms with van der Waals surface area (Å²) in [4.78, 5) is 14.3. The molecule has 20 heavy (non-hydrogen) atoms. The molecule has 0 aromatic heterocycles. The summed E-state index contributed by atoms with van der Waals surface area (Å²) in [5.74, 6) is -0.745. The molecule has 4 heteroatoms. The molecule has 2 bridgehead atoms. The van der Waals surface area contributed by atoms with E-state index in [0.29, 0.717) is 17.6 Å². The van der Waals surface area contributed by atoms with E-state index in [2.05, 4.69) is 11.9 Å². The third-order valence-electron chi connectivity index (χ3n) is 4.64. The molecular weight excluding hydrogens is 257 g/mol. The molecule has 0 spiro atoms. The Balaban J connectivity index is 1.60. The summed E-state index contributed by atoms with van der Waals surface area (Å²) >= 11 is 0. The van der Waals surface area contributed by atoms with E-state index in [1.54, 1.807) is 30.3 Å². The zero-order chi connectivity index (χ0) is 14.1. The molecule has 2 heterocycles. The Morgan fingerprint density at radius 2 is 1.85 bits per heavy atom. The minimum absolute atomic E-state index is 0.127. The highest BCUT2D eigenvalue weighted by Gasteiger charge is 2.40. The minimum Gasteiger partial charge on any atom is -0.460 e. The highest BCUT2D eigenvalue weighted by molar-refractivity contribution is 5.76. The molecule has 0 aliphatic carbocycles. The van der Waals surface area contributed by atoms with Crippen LogP contribution in [0.25, 0.3) is 0 Å². The van der Waals surface area contributed by atoms with Gasteiger partial charge in [-0.25, -0.2) is 9.18 Å². The Bertz CT molecular complexity index is 465. The average molecular weight is 277 g/mol. The molecule has 108 valence electrons. The van der Waals surface area contributed by atoms with Crippen LogP contribution in [-0.4, -0.2) is 36.1 Å². The second kappa shape index (κ2) is 5.52. The van der Waals surface area contributed by atoms with E-state index in [-0.39, 0.29) is 6.10 Å². The number of piperidine rings is 1. The molecule has 3 nitrogen and oxygen atoms in total. The van der Waals surface area contributed by atoms with Crippen LogP contribution in [0.15, 0.2) is 30.3 Å². The van der Waals surface area contributed by atoms with Crippen LogP contribution >= 0.6 is 0 Å². The molecule has 0 radical (unpaired) electrons. The van der Waals surface area contributed by atoms with Gasteiger partial charge in [0.1, 0.15) is 6.10 Å². The van der Waals surface area contributed by atoms with Gasteiger partial charge in [0.2, 0.25) is 6.17 Å². The number of hydrogen-bond acceptors (Lipinski definition) is 3. The van der Waals surface area contributed by atoms with Crippen LogP contribution in [0.5, 0.6) is 0 Å². The van der Waals surface area contributed by atoms with Crippen molar-refractivity contribution in [2.75, 3.05) is 7.05 Å². The maximum atomic E-state index is 14.1. The zero-order valence-electron chi connectivity index (χ0n) is 11.7. The van der Waals surface area contributed by atoms with Crippen LogP contribution in [0, 0.1) is 0 Å². The fourth-order valence-corrected chi connectivity index (χ4v) is 3.44. The van der Waals surface area contributed by atoms with Gasteiger partial charge in [-0.2, -0.15) is 0 Å². The van der Waals surface area contributed by atoms with E-state index in [4.69, 9.17) is 4.74 Å². The number of halogens is 1. The van der Waals surface area contributed by atoms with Gasteiger partial charge in [-0.05, 0) is 38.3 Å². The molecule has 2 aliphatic rings. The van der Waals surface area contributed by atoms with Gasteiger partial charge in [-0.15, -0.1) is 0 Å². The number of carbonyl (C=O) groups is 1. The Morgan fingerprint density at radius 3 is 2.45 bits per heavy atom. The number of alkyl halides is 1. The number of benzene rings is 1. The highest BCUT2D eigenvalue weighted by atomic mass is 19.1. The Kier molecular flexibility index (Phi) is 3.74. The first-order valence-electron chi connectivity index (χ1n) is 7.26. The number of hydrogen-bond donors (Lipinski definition) is 0. The molecule has 3 rings (SSSR count). The molecular formula is C16H20FNO2. The van der Waals surface area contributed by atoms with Crippen molar-refractivity contribution in [3.63, 3.8) is 0 Å². The van der Waals surface area contributed by atoms with Crippen molar-refractivity contribution in [3.05, 3.63) is 35.9 Å². The summed E-state index contributed by atoms with van der Waals surface area (Å²) in [6.07, 6.45) is 2.19. The van der Waals surface area contributed by atoms with Crippen molar-refractivity contribution in [1.29, 1.82) is 0 Å². The molecule has 1 unspecified atom stereocenters. The largest absolute Gasteiger partial charge is 0.460 e. The van der Waals surface area contributed by atoms with Gasteiger partial charge >= 0.3 is 5.97 Å². The molecule has 2 aliphatic heterocycles. The Hall–Kier alpha value is -1.42. The summed E-state index contributed by atoms with van der Waals surface area (Å²) in [5.41, 5.74) is 0.369. The second-order valence-corrected chi connectivity index (χ2v) is 5.85. The first kappa shape index (κ1) is 13.6. The van der Waals surface area contributed by atoms with Crippen LogP contribution in [0.4, 0.5) is 4.39 Å². The van der Waals surface area contributed by atoms with Gasteiger partial charge in [-0.1, -0.05) is 30.3 Å². The number of esters is 1. The summed E-state index contributed by atoms with van der Waals surface area (Å²) in [6.45, 7) is 0. The standard InChI is InChI=1S/C16H20FNO2/c1-18-12-7-8-13(18)10-14(9-12)20-16(19)15(17)11-5-3-2-4-6-11/h2-6,12-15H,7-10H2,1H3/t12-,13+,14-,15?. The molecule has 2 fully saturated rings. The number of fused-ring (bicyclic) bond motifs is 2. The van der Waals surface area contributed by atoms with Crippen LogP contribution in [0.1, 0.15) is 37.4 Å². The predicted molar refractivity (Wildman–Crippen MR) is 74.0 cm³/mol. The normalized spacial score (nSPS) is 31.0. The van der Waals surface area contributed by atoms with Gasteiger partial charge in [-0.3, -0.25) is 0 Å². The van der Waals surface area contributed by atoms with Gasteiger partial charge in [0, 0.05) is 12.1 Å². The number of carbonyl (C=O) groups excluding carboxylic acids is 1. The minimum atomic E-state index is -1.67. The highest BCUT2D eigenvalue weighted by Crippen LogP contribution is 2.36. The van der Waals surface area contributed by atoms with E-state index >= 15 is 0 Å². The molecule has 4 atom stereocenters. The van der Waals surface area contributed by atoms with Crippen LogP contribution < -0.4 is 0 Å². The van der Waals surface area contributed by atoms with Gasteiger partial charge in [0.15, 0.2) is 0 Å². The summed E-state index contributed by atoms with van der Waals surface area (Å²) in [5, 5.41) is 0. The number of rotatable bonds is 3. The first-order chi connectivity index (χ1) is 9.65. The van der Waals surface area contributed by atoms with Crippen molar-refractivity contribution in [1.82, 2.24) is 4.90 Å². The van der Waals surface area contributed by atoms with Gasteiger partial charge in [0.05, 0.1) is 0 Å². The second-order valence-electron chi connectivity index (χ2n) is 5.85. The van der Waals surface area contributed by atoms with Crippen molar-refractivity contribution in [2.24, 2.45) is 0 Å².